The molecule has 1 aliphatic rings. The molecule has 2 amide bonds. The van der Waals surface area contributed by atoms with Crippen LogP contribution in [0.3, 0.4) is 0 Å². The van der Waals surface area contributed by atoms with Gasteiger partial charge in [0.05, 0.1) is 40.0 Å². The van der Waals surface area contributed by atoms with Gasteiger partial charge in [-0.15, -0.1) is 0 Å². The number of carbonyl (C=O) groups is 3. The van der Waals surface area contributed by atoms with Crippen molar-refractivity contribution in [3.63, 3.8) is 0 Å². The van der Waals surface area contributed by atoms with Crippen LogP contribution in [0.15, 0.2) is 48.5 Å². The number of benzene rings is 2. The Morgan fingerprint density at radius 1 is 1.05 bits per heavy atom. The van der Waals surface area contributed by atoms with Crippen molar-refractivity contribution in [3.05, 3.63) is 59.7 Å². The van der Waals surface area contributed by atoms with Crippen LogP contribution in [0.1, 0.15) is 17.5 Å². The lowest BCUT2D eigenvalue weighted by Gasteiger charge is -2.25. The van der Waals surface area contributed by atoms with E-state index in [1.807, 2.05) is 30.3 Å². The van der Waals surface area contributed by atoms with Gasteiger partial charge in [-0.1, -0.05) is 36.4 Å². The molecule has 0 bridgehead atoms. The lowest BCUT2D eigenvalue weighted by Crippen LogP contribution is -2.54. The minimum atomic E-state index is -1.24. The van der Waals surface area contributed by atoms with Crippen LogP contribution in [0.4, 0.5) is 0 Å². The molecule has 2 aromatic rings. The topological polar surface area (TPSA) is 144 Å². The second kappa shape index (κ2) is 14.9. The number of amides is 2. The van der Waals surface area contributed by atoms with Gasteiger partial charge < -0.3 is 40.0 Å². The number of rotatable bonds is 13. The minimum Gasteiger partial charge on any atom is -0.493 e. The third-order valence-corrected chi connectivity index (χ3v) is 5.96. The minimum absolute atomic E-state index is 0.0365. The normalized spacial score (nSPS) is 16.6. The lowest BCUT2D eigenvalue weighted by atomic mass is 10.0. The van der Waals surface area contributed by atoms with E-state index < -0.39 is 36.5 Å². The van der Waals surface area contributed by atoms with Crippen LogP contribution in [0.5, 0.6) is 11.5 Å². The molecule has 1 fully saturated rings. The summed E-state index contributed by atoms with van der Waals surface area (Å²) in [5, 5.41) is 17.9. The third kappa shape index (κ3) is 8.72. The molecule has 0 radical (unpaired) electrons. The first-order valence-corrected chi connectivity index (χ1v) is 12.4. The Balaban J connectivity index is 1.65. The molecular formula is C27H35N3O8. The molecule has 3 rings (SSSR count). The maximum absolute atomic E-state index is 12.9. The van der Waals surface area contributed by atoms with Crippen LogP contribution in [-0.2, 0) is 36.9 Å². The van der Waals surface area contributed by atoms with Gasteiger partial charge in [-0.3, -0.25) is 9.59 Å². The average molecular weight is 530 g/mol. The number of carbonyl (C=O) groups excluding carboxylic acids is 3. The van der Waals surface area contributed by atoms with E-state index in [2.05, 4.69) is 16.0 Å². The van der Waals surface area contributed by atoms with Gasteiger partial charge in [0.1, 0.15) is 18.7 Å². The van der Waals surface area contributed by atoms with Gasteiger partial charge in [-0.2, -0.15) is 0 Å². The molecule has 0 saturated carbocycles. The van der Waals surface area contributed by atoms with Crippen LogP contribution >= 0.6 is 0 Å². The number of hydrogen-bond acceptors (Lipinski definition) is 9. The molecule has 1 heterocycles. The fourth-order valence-corrected chi connectivity index (χ4v) is 3.94. The van der Waals surface area contributed by atoms with Crippen molar-refractivity contribution >= 4 is 17.8 Å². The van der Waals surface area contributed by atoms with Gasteiger partial charge in [0.15, 0.2) is 11.5 Å². The van der Waals surface area contributed by atoms with Crippen molar-refractivity contribution in [2.75, 3.05) is 40.5 Å². The predicted octanol–water partition coefficient (Wildman–Crippen LogP) is 0.330. The summed E-state index contributed by atoms with van der Waals surface area (Å²) in [6.07, 6.45) is -0.200. The van der Waals surface area contributed by atoms with E-state index in [-0.39, 0.29) is 18.9 Å². The van der Waals surface area contributed by atoms with E-state index in [1.54, 1.807) is 18.2 Å². The van der Waals surface area contributed by atoms with Crippen molar-refractivity contribution in [1.82, 2.24) is 16.0 Å². The molecule has 1 unspecified atom stereocenters. The molecule has 11 nitrogen and oxygen atoms in total. The molecule has 11 heteroatoms. The number of esters is 1. The van der Waals surface area contributed by atoms with Crippen LogP contribution in [0.25, 0.3) is 0 Å². The Labute approximate surface area is 221 Å². The highest BCUT2D eigenvalue weighted by atomic mass is 16.5. The fraction of sp³-hybridized carbons (Fsp3) is 0.444. The van der Waals surface area contributed by atoms with Crippen molar-refractivity contribution in [2.45, 2.75) is 37.6 Å². The van der Waals surface area contributed by atoms with Gasteiger partial charge in [-0.05, 0) is 23.3 Å². The number of methoxy groups -OCH3 is 2. The standard InChI is InChI=1S/C27H35N3O8/c1-35-23-9-8-19(13-24(23)38-17-18-6-4-3-5-7-18)12-21(27(34)36-2)30-26(33)22(16-31)29-25(32)14-20-15-28-10-11-37-20/h3-9,13,20-22,28,31H,10-12,14-17H2,1-2H3,(H,29,32)(H,30,33)/t20?,21-,22-/m0/s1. The average Bonchev–Trinajstić information content (AvgIpc) is 2.95. The predicted molar refractivity (Wildman–Crippen MR) is 138 cm³/mol. The van der Waals surface area contributed by atoms with E-state index in [4.69, 9.17) is 18.9 Å². The molecule has 1 saturated heterocycles. The smallest absolute Gasteiger partial charge is 0.328 e. The van der Waals surface area contributed by atoms with Crippen LogP contribution < -0.4 is 25.4 Å². The molecule has 2 aromatic carbocycles. The molecular weight excluding hydrogens is 494 g/mol. The molecule has 38 heavy (non-hydrogen) atoms. The SMILES string of the molecule is COC(=O)[C@H](Cc1ccc(OC)c(OCc2ccccc2)c1)NC(=O)[C@H](CO)NC(=O)CC1CNCCO1. The number of hydrogen-bond donors (Lipinski definition) is 4. The Morgan fingerprint density at radius 2 is 1.84 bits per heavy atom. The van der Waals surface area contributed by atoms with Crippen LogP contribution in [0, 0.1) is 0 Å². The summed E-state index contributed by atoms with van der Waals surface area (Å²) < 4.78 is 21.7. The molecule has 0 spiro atoms. The Kier molecular flexibility index (Phi) is 11.3. The number of morpholine rings is 1. The highest BCUT2D eigenvalue weighted by molar-refractivity contribution is 5.91. The molecule has 1 aliphatic heterocycles. The lowest BCUT2D eigenvalue weighted by molar-refractivity contribution is -0.145. The second-order valence-electron chi connectivity index (χ2n) is 8.75. The fourth-order valence-electron chi connectivity index (χ4n) is 3.94. The zero-order chi connectivity index (χ0) is 27.3. The van der Waals surface area contributed by atoms with Gasteiger partial charge in [0.25, 0.3) is 0 Å². The van der Waals surface area contributed by atoms with E-state index in [1.165, 1.54) is 14.2 Å². The highest BCUT2D eigenvalue weighted by Crippen LogP contribution is 2.29. The molecule has 3 atom stereocenters. The van der Waals surface area contributed by atoms with Crippen molar-refractivity contribution < 1.29 is 38.4 Å². The monoisotopic (exact) mass is 529 g/mol. The summed E-state index contributed by atoms with van der Waals surface area (Å²) in [5.41, 5.74) is 1.65. The number of nitrogens with one attached hydrogen (secondary N) is 3. The number of aliphatic hydroxyl groups is 1. The summed E-state index contributed by atoms with van der Waals surface area (Å²) >= 11 is 0. The van der Waals surface area contributed by atoms with E-state index in [0.29, 0.717) is 43.4 Å². The second-order valence-corrected chi connectivity index (χ2v) is 8.75. The zero-order valence-electron chi connectivity index (χ0n) is 21.6. The highest BCUT2D eigenvalue weighted by Gasteiger charge is 2.28. The van der Waals surface area contributed by atoms with E-state index in [0.717, 1.165) is 5.56 Å². The van der Waals surface area contributed by atoms with Crippen LogP contribution in [0.2, 0.25) is 0 Å². The Morgan fingerprint density at radius 3 is 2.50 bits per heavy atom. The Hall–Kier alpha value is -3.67. The van der Waals surface area contributed by atoms with Crippen molar-refractivity contribution in [1.29, 1.82) is 0 Å². The summed E-state index contributed by atoms with van der Waals surface area (Å²) in [7, 11) is 2.75. The first-order valence-electron chi connectivity index (χ1n) is 12.4. The van der Waals surface area contributed by atoms with Gasteiger partial charge in [0.2, 0.25) is 11.8 Å². The maximum Gasteiger partial charge on any atom is 0.328 e. The third-order valence-electron chi connectivity index (χ3n) is 5.96. The number of ether oxygens (including phenoxy) is 4. The van der Waals surface area contributed by atoms with Gasteiger partial charge in [0, 0.05) is 19.5 Å². The summed E-state index contributed by atoms with van der Waals surface area (Å²) in [6, 6.07) is 12.5. The van der Waals surface area contributed by atoms with Crippen molar-refractivity contribution in [2.24, 2.45) is 0 Å². The van der Waals surface area contributed by atoms with E-state index >= 15 is 0 Å². The summed E-state index contributed by atoms with van der Waals surface area (Å²) in [4.78, 5) is 37.8. The molecule has 4 N–H and O–H groups in total. The van der Waals surface area contributed by atoms with Crippen LogP contribution in [-0.4, -0.2) is 81.6 Å². The molecule has 206 valence electrons. The molecule has 0 aliphatic carbocycles. The van der Waals surface area contributed by atoms with Gasteiger partial charge in [-0.25, -0.2) is 4.79 Å². The first-order chi connectivity index (χ1) is 18.4. The zero-order valence-corrected chi connectivity index (χ0v) is 21.6. The molecule has 0 aromatic heterocycles. The largest absolute Gasteiger partial charge is 0.493 e. The summed E-state index contributed by atoms with van der Waals surface area (Å²) in [5.74, 6) is -0.844. The van der Waals surface area contributed by atoms with Crippen molar-refractivity contribution in [3.8, 4) is 11.5 Å². The summed E-state index contributed by atoms with van der Waals surface area (Å²) in [6.45, 7) is 1.40. The van der Waals surface area contributed by atoms with Gasteiger partial charge >= 0.3 is 5.97 Å². The quantitative estimate of drug-likeness (QED) is 0.270. The Bertz CT molecular complexity index is 1060. The first kappa shape index (κ1) is 28.9. The maximum atomic E-state index is 12.9. The van der Waals surface area contributed by atoms with E-state index in [9.17, 15) is 19.5 Å². The number of aliphatic hydroxyl groups excluding tert-OH is 1.